The van der Waals surface area contributed by atoms with Crippen LogP contribution in [0.3, 0.4) is 0 Å². The lowest BCUT2D eigenvalue weighted by molar-refractivity contribution is -0.143. The van der Waals surface area contributed by atoms with Gasteiger partial charge < -0.3 is 21.3 Å². The van der Waals surface area contributed by atoms with E-state index >= 15 is 0 Å². The number of carboxylic acid groups (broad SMARTS) is 2. The van der Waals surface area contributed by atoms with E-state index in [1.807, 2.05) is 24.3 Å². The first-order valence-corrected chi connectivity index (χ1v) is 7.48. The normalized spacial score (nSPS) is 13.4. The molecule has 1 unspecified atom stereocenters. The van der Waals surface area contributed by atoms with Crippen LogP contribution in [-0.2, 0) is 16.0 Å². The molecule has 6 nitrogen and oxygen atoms in total. The van der Waals surface area contributed by atoms with E-state index in [0.29, 0.717) is 0 Å². The van der Waals surface area contributed by atoms with Crippen LogP contribution in [0.4, 0.5) is 5.69 Å². The Morgan fingerprint density at radius 1 is 1.18 bits per heavy atom. The van der Waals surface area contributed by atoms with E-state index in [4.69, 9.17) is 10.8 Å². The molecule has 0 aliphatic rings. The maximum Gasteiger partial charge on any atom is 0.320 e. The second-order valence-corrected chi connectivity index (χ2v) is 5.40. The molecule has 5 N–H and O–H groups in total. The summed E-state index contributed by atoms with van der Waals surface area (Å²) in [6.07, 6.45) is 2.40. The van der Waals surface area contributed by atoms with E-state index in [1.165, 1.54) is 0 Å². The summed E-state index contributed by atoms with van der Waals surface area (Å²) in [6.45, 7) is 3.03. The third-order valence-electron chi connectivity index (χ3n) is 3.50. The van der Waals surface area contributed by atoms with Crippen molar-refractivity contribution in [2.24, 2.45) is 11.7 Å². The fourth-order valence-electron chi connectivity index (χ4n) is 2.13. The van der Waals surface area contributed by atoms with Crippen molar-refractivity contribution in [1.29, 1.82) is 0 Å². The Labute approximate surface area is 130 Å². The van der Waals surface area contributed by atoms with E-state index in [9.17, 15) is 14.7 Å². The van der Waals surface area contributed by atoms with Crippen LogP contribution in [0.1, 0.15) is 31.7 Å². The van der Waals surface area contributed by atoms with Crippen LogP contribution < -0.4 is 11.1 Å². The van der Waals surface area contributed by atoms with Crippen LogP contribution >= 0.6 is 0 Å². The van der Waals surface area contributed by atoms with Gasteiger partial charge in [-0.1, -0.05) is 25.5 Å². The van der Waals surface area contributed by atoms with Crippen LogP contribution in [0.25, 0.3) is 0 Å². The number of carboxylic acids is 2. The molecule has 0 aliphatic carbocycles. The molecule has 0 spiro atoms. The Morgan fingerprint density at radius 3 is 2.32 bits per heavy atom. The third-order valence-corrected chi connectivity index (χ3v) is 3.50. The van der Waals surface area contributed by atoms with Gasteiger partial charge in [-0.25, -0.2) is 0 Å². The highest BCUT2D eigenvalue weighted by atomic mass is 16.4. The highest BCUT2D eigenvalue weighted by Crippen LogP contribution is 2.17. The Bertz CT molecular complexity index is 487. The molecule has 0 saturated heterocycles. The number of benzene rings is 1. The first-order valence-electron chi connectivity index (χ1n) is 7.48. The van der Waals surface area contributed by atoms with Gasteiger partial charge in [0.2, 0.25) is 0 Å². The van der Waals surface area contributed by atoms with Gasteiger partial charge in [-0.2, -0.15) is 0 Å². The summed E-state index contributed by atoms with van der Waals surface area (Å²) in [6, 6.07) is 6.37. The lowest BCUT2D eigenvalue weighted by Gasteiger charge is -2.15. The van der Waals surface area contributed by atoms with Crippen LogP contribution in [-0.4, -0.2) is 34.7 Å². The molecule has 1 aromatic rings. The van der Waals surface area contributed by atoms with Crippen molar-refractivity contribution >= 4 is 17.6 Å². The average molecular weight is 308 g/mol. The highest BCUT2D eigenvalue weighted by Gasteiger charge is 2.24. The van der Waals surface area contributed by atoms with Gasteiger partial charge in [0.15, 0.2) is 0 Å². The Hall–Kier alpha value is -2.08. The first-order chi connectivity index (χ1) is 10.4. The Kier molecular flexibility index (Phi) is 7.39. The summed E-state index contributed by atoms with van der Waals surface area (Å²) < 4.78 is 0. The molecule has 0 aromatic heterocycles. The second-order valence-electron chi connectivity index (χ2n) is 5.40. The largest absolute Gasteiger partial charge is 0.481 e. The average Bonchev–Trinajstić information content (AvgIpc) is 2.48. The number of carbonyl (C=O) groups is 2. The molecular weight excluding hydrogens is 284 g/mol. The zero-order valence-electron chi connectivity index (χ0n) is 12.8. The number of hydrogen-bond donors (Lipinski definition) is 4. The number of unbranched alkanes of at least 4 members (excludes halogenated alkanes) is 1. The van der Waals surface area contributed by atoms with E-state index < -0.39 is 23.9 Å². The van der Waals surface area contributed by atoms with Gasteiger partial charge in [-0.15, -0.1) is 0 Å². The van der Waals surface area contributed by atoms with Crippen molar-refractivity contribution in [3.63, 3.8) is 0 Å². The molecule has 122 valence electrons. The predicted octanol–water partition coefficient (Wildman–Crippen LogP) is 1.94. The lowest BCUT2D eigenvalue weighted by Crippen LogP contribution is -2.35. The van der Waals surface area contributed by atoms with E-state index in [0.717, 1.165) is 30.6 Å². The highest BCUT2D eigenvalue weighted by molar-refractivity contribution is 5.76. The SMILES string of the molecule is CCCCNc1ccc(C[C@@H](CC(N)C(=O)O)C(=O)O)cc1. The molecule has 0 aliphatic heterocycles. The Balaban J connectivity index is 2.62. The second kappa shape index (κ2) is 9.04. The van der Waals surface area contributed by atoms with Crippen molar-refractivity contribution in [3.8, 4) is 0 Å². The zero-order valence-corrected chi connectivity index (χ0v) is 12.8. The smallest absolute Gasteiger partial charge is 0.320 e. The van der Waals surface area contributed by atoms with Crippen molar-refractivity contribution in [1.82, 2.24) is 0 Å². The Morgan fingerprint density at radius 2 is 1.82 bits per heavy atom. The van der Waals surface area contributed by atoms with E-state index in [-0.39, 0.29) is 12.8 Å². The molecule has 0 amide bonds. The summed E-state index contributed by atoms with van der Waals surface area (Å²) in [5.74, 6) is -3.01. The van der Waals surface area contributed by atoms with E-state index in [1.54, 1.807) is 0 Å². The molecule has 1 aromatic carbocycles. The lowest BCUT2D eigenvalue weighted by atomic mass is 9.93. The van der Waals surface area contributed by atoms with Gasteiger partial charge in [-0.3, -0.25) is 9.59 Å². The van der Waals surface area contributed by atoms with Crippen LogP contribution in [0.15, 0.2) is 24.3 Å². The molecule has 0 radical (unpaired) electrons. The molecule has 22 heavy (non-hydrogen) atoms. The van der Waals surface area contributed by atoms with Gasteiger partial charge in [0, 0.05) is 12.2 Å². The van der Waals surface area contributed by atoms with Gasteiger partial charge in [-0.05, 0) is 37.0 Å². The molecule has 0 bridgehead atoms. The third kappa shape index (κ3) is 6.13. The molecule has 6 heteroatoms. The summed E-state index contributed by atoms with van der Waals surface area (Å²) in [7, 11) is 0. The topological polar surface area (TPSA) is 113 Å². The monoisotopic (exact) mass is 308 g/mol. The maximum atomic E-state index is 11.2. The minimum atomic E-state index is -1.18. The van der Waals surface area contributed by atoms with Crippen molar-refractivity contribution < 1.29 is 19.8 Å². The first kappa shape index (κ1) is 18.0. The molecule has 0 heterocycles. The number of aliphatic carboxylic acids is 2. The van der Waals surface area contributed by atoms with Crippen molar-refractivity contribution in [2.45, 2.75) is 38.6 Å². The molecular formula is C16H24N2O4. The van der Waals surface area contributed by atoms with Gasteiger partial charge >= 0.3 is 11.9 Å². The van der Waals surface area contributed by atoms with Crippen LogP contribution in [0.5, 0.6) is 0 Å². The summed E-state index contributed by atoms with van der Waals surface area (Å²) in [4.78, 5) is 22.0. The zero-order chi connectivity index (χ0) is 16.5. The molecule has 0 saturated carbocycles. The summed E-state index contributed by atoms with van der Waals surface area (Å²) in [5, 5.41) is 21.3. The quantitative estimate of drug-likeness (QED) is 0.491. The summed E-state index contributed by atoms with van der Waals surface area (Å²) >= 11 is 0. The minimum absolute atomic E-state index is 0.0822. The van der Waals surface area contributed by atoms with Crippen molar-refractivity contribution in [3.05, 3.63) is 29.8 Å². The molecule has 2 atom stereocenters. The van der Waals surface area contributed by atoms with E-state index in [2.05, 4.69) is 12.2 Å². The number of rotatable bonds is 10. The standard InChI is InChI=1S/C16H24N2O4/c1-2-3-8-18-13-6-4-11(5-7-13)9-12(15(19)20)10-14(17)16(21)22/h4-7,12,14,18H,2-3,8-10,17H2,1H3,(H,19,20)(H,21,22)/t12-,14?/m0/s1. The fourth-order valence-corrected chi connectivity index (χ4v) is 2.13. The number of hydrogen-bond acceptors (Lipinski definition) is 4. The van der Waals surface area contributed by atoms with Gasteiger partial charge in [0.05, 0.1) is 5.92 Å². The van der Waals surface area contributed by atoms with Crippen molar-refractivity contribution in [2.75, 3.05) is 11.9 Å². The number of nitrogens with one attached hydrogen (secondary N) is 1. The number of nitrogens with two attached hydrogens (primary N) is 1. The maximum absolute atomic E-state index is 11.2. The molecule has 1 rings (SSSR count). The van der Waals surface area contributed by atoms with Crippen LogP contribution in [0.2, 0.25) is 0 Å². The predicted molar refractivity (Wildman–Crippen MR) is 84.9 cm³/mol. The van der Waals surface area contributed by atoms with Crippen LogP contribution in [0, 0.1) is 5.92 Å². The molecule has 0 fully saturated rings. The fraction of sp³-hybridized carbons (Fsp3) is 0.500. The number of anilines is 1. The summed E-state index contributed by atoms with van der Waals surface area (Å²) in [5.41, 5.74) is 7.27. The minimum Gasteiger partial charge on any atom is -0.481 e. The van der Waals surface area contributed by atoms with Gasteiger partial charge in [0.1, 0.15) is 6.04 Å². The van der Waals surface area contributed by atoms with Gasteiger partial charge in [0.25, 0.3) is 0 Å².